The first-order valence-electron chi connectivity index (χ1n) is 4.62. The molecule has 74 valence electrons. The minimum Gasteiger partial charge on any atom is -0.465 e. The predicted molar refractivity (Wildman–Crippen MR) is 51.6 cm³/mol. The molecule has 3 heteroatoms. The smallest absolute Gasteiger partial charge is 0.121 e. The average molecular weight is 183 g/mol. The molecular formula is C10H17NO2. The Bertz CT molecular complexity index is 245. The Morgan fingerprint density at radius 3 is 2.77 bits per heavy atom. The fourth-order valence-electron chi connectivity index (χ4n) is 1.36. The maximum absolute atomic E-state index is 8.70. The molecule has 0 spiro atoms. The van der Waals surface area contributed by atoms with Crippen molar-refractivity contribution in [2.75, 3.05) is 13.7 Å². The van der Waals surface area contributed by atoms with Gasteiger partial charge in [0.25, 0.3) is 0 Å². The van der Waals surface area contributed by atoms with E-state index >= 15 is 0 Å². The molecule has 13 heavy (non-hydrogen) atoms. The summed E-state index contributed by atoms with van der Waals surface area (Å²) in [7, 11) is 1.90. The van der Waals surface area contributed by atoms with Gasteiger partial charge in [0, 0.05) is 6.61 Å². The zero-order valence-electron chi connectivity index (χ0n) is 8.21. The minimum atomic E-state index is 0.223. The molecule has 0 fully saturated rings. The van der Waals surface area contributed by atoms with Gasteiger partial charge in [0.05, 0.1) is 6.04 Å². The Hall–Kier alpha value is -0.800. The Morgan fingerprint density at radius 2 is 2.31 bits per heavy atom. The number of nitrogens with one attached hydrogen (secondary N) is 1. The van der Waals surface area contributed by atoms with Gasteiger partial charge in [-0.15, -0.1) is 0 Å². The van der Waals surface area contributed by atoms with Crippen molar-refractivity contribution in [2.24, 2.45) is 0 Å². The van der Waals surface area contributed by atoms with Gasteiger partial charge in [-0.1, -0.05) is 0 Å². The number of aliphatic hydroxyl groups is 1. The van der Waals surface area contributed by atoms with E-state index in [1.807, 2.05) is 26.1 Å². The van der Waals surface area contributed by atoms with E-state index in [1.165, 1.54) is 0 Å². The fourth-order valence-corrected chi connectivity index (χ4v) is 1.36. The van der Waals surface area contributed by atoms with Crippen LogP contribution in [0.2, 0.25) is 0 Å². The van der Waals surface area contributed by atoms with E-state index in [4.69, 9.17) is 9.52 Å². The first kappa shape index (κ1) is 10.3. The summed E-state index contributed by atoms with van der Waals surface area (Å²) < 4.78 is 5.49. The first-order valence-corrected chi connectivity index (χ1v) is 4.62. The summed E-state index contributed by atoms with van der Waals surface area (Å²) in [6, 6.07) is 4.16. The second-order valence-corrected chi connectivity index (χ2v) is 3.16. The molecule has 0 aliphatic heterocycles. The largest absolute Gasteiger partial charge is 0.465 e. The Kier molecular flexibility index (Phi) is 3.99. The van der Waals surface area contributed by atoms with Crippen LogP contribution in [0.1, 0.15) is 30.4 Å². The van der Waals surface area contributed by atoms with Crippen molar-refractivity contribution in [3.8, 4) is 0 Å². The third-order valence-electron chi connectivity index (χ3n) is 2.10. The molecule has 1 aromatic rings. The van der Waals surface area contributed by atoms with Gasteiger partial charge in [0.2, 0.25) is 0 Å². The van der Waals surface area contributed by atoms with E-state index in [0.29, 0.717) is 0 Å². The van der Waals surface area contributed by atoms with E-state index in [9.17, 15) is 0 Å². The highest BCUT2D eigenvalue weighted by molar-refractivity contribution is 5.09. The van der Waals surface area contributed by atoms with Crippen molar-refractivity contribution in [1.82, 2.24) is 5.32 Å². The molecule has 1 heterocycles. The summed E-state index contributed by atoms with van der Waals surface area (Å²) in [6.45, 7) is 2.17. The van der Waals surface area contributed by atoms with Crippen LogP contribution in [0.25, 0.3) is 0 Å². The van der Waals surface area contributed by atoms with Crippen molar-refractivity contribution >= 4 is 0 Å². The SMILES string of the molecule is CNC(CCCO)c1ccc(C)o1. The van der Waals surface area contributed by atoms with E-state index in [0.717, 1.165) is 24.4 Å². The lowest BCUT2D eigenvalue weighted by Gasteiger charge is -2.12. The van der Waals surface area contributed by atoms with Gasteiger partial charge in [0.15, 0.2) is 0 Å². The van der Waals surface area contributed by atoms with Crippen LogP contribution in [0.15, 0.2) is 16.5 Å². The maximum atomic E-state index is 8.70. The van der Waals surface area contributed by atoms with Gasteiger partial charge < -0.3 is 14.8 Å². The zero-order chi connectivity index (χ0) is 9.68. The molecule has 3 nitrogen and oxygen atoms in total. The second-order valence-electron chi connectivity index (χ2n) is 3.16. The third kappa shape index (κ3) is 2.86. The van der Waals surface area contributed by atoms with Gasteiger partial charge >= 0.3 is 0 Å². The molecular weight excluding hydrogens is 166 g/mol. The first-order chi connectivity index (χ1) is 6.27. The molecule has 2 N–H and O–H groups in total. The molecule has 0 radical (unpaired) electrons. The maximum Gasteiger partial charge on any atom is 0.121 e. The molecule has 1 rings (SSSR count). The summed E-state index contributed by atoms with van der Waals surface area (Å²) in [4.78, 5) is 0. The van der Waals surface area contributed by atoms with Crippen molar-refractivity contribution in [3.63, 3.8) is 0 Å². The van der Waals surface area contributed by atoms with Crippen LogP contribution in [0.3, 0.4) is 0 Å². The quantitative estimate of drug-likeness (QED) is 0.729. The molecule has 1 unspecified atom stereocenters. The number of hydrogen-bond acceptors (Lipinski definition) is 3. The molecule has 0 bridgehead atoms. The molecule has 1 atom stereocenters. The summed E-state index contributed by atoms with van der Waals surface area (Å²) >= 11 is 0. The van der Waals surface area contributed by atoms with Crippen LogP contribution in [0, 0.1) is 6.92 Å². The third-order valence-corrected chi connectivity index (χ3v) is 2.10. The molecule has 0 aromatic carbocycles. The van der Waals surface area contributed by atoms with Crippen molar-refractivity contribution in [3.05, 3.63) is 23.7 Å². The van der Waals surface area contributed by atoms with Crippen molar-refractivity contribution < 1.29 is 9.52 Å². The van der Waals surface area contributed by atoms with Crippen LogP contribution in [-0.4, -0.2) is 18.8 Å². The number of hydrogen-bond donors (Lipinski definition) is 2. The highest BCUT2D eigenvalue weighted by atomic mass is 16.3. The van der Waals surface area contributed by atoms with E-state index in [-0.39, 0.29) is 12.6 Å². The monoisotopic (exact) mass is 183 g/mol. The summed E-state index contributed by atoms with van der Waals surface area (Å²) in [5, 5.41) is 11.9. The standard InChI is InChI=1S/C10H17NO2/c1-8-5-6-10(13-8)9(11-2)4-3-7-12/h5-6,9,11-12H,3-4,7H2,1-2H3. The second kappa shape index (κ2) is 5.04. The number of aryl methyl sites for hydroxylation is 1. The zero-order valence-corrected chi connectivity index (χ0v) is 8.21. The Balaban J connectivity index is 2.56. The molecule has 1 aromatic heterocycles. The topological polar surface area (TPSA) is 45.4 Å². The minimum absolute atomic E-state index is 0.223. The molecule has 0 saturated carbocycles. The van der Waals surface area contributed by atoms with Gasteiger partial charge in [-0.25, -0.2) is 0 Å². The number of aliphatic hydroxyl groups excluding tert-OH is 1. The van der Waals surface area contributed by atoms with E-state index in [1.54, 1.807) is 0 Å². The summed E-state index contributed by atoms with van der Waals surface area (Å²) in [6.07, 6.45) is 1.70. The lowest BCUT2D eigenvalue weighted by atomic mass is 10.1. The van der Waals surface area contributed by atoms with Crippen LogP contribution >= 0.6 is 0 Å². The lowest BCUT2D eigenvalue weighted by molar-refractivity contribution is 0.271. The Labute approximate surface area is 78.8 Å². The van der Waals surface area contributed by atoms with Gasteiger partial charge in [-0.3, -0.25) is 0 Å². The summed E-state index contributed by atoms with van der Waals surface area (Å²) in [5.41, 5.74) is 0. The van der Waals surface area contributed by atoms with Crippen molar-refractivity contribution in [1.29, 1.82) is 0 Å². The fraction of sp³-hybridized carbons (Fsp3) is 0.600. The summed E-state index contributed by atoms with van der Waals surface area (Å²) in [5.74, 6) is 1.88. The average Bonchev–Trinajstić information content (AvgIpc) is 2.54. The highest BCUT2D eigenvalue weighted by Gasteiger charge is 2.11. The lowest BCUT2D eigenvalue weighted by Crippen LogP contribution is -2.15. The normalized spacial score (nSPS) is 13.2. The van der Waals surface area contributed by atoms with Gasteiger partial charge in [0.1, 0.15) is 11.5 Å². The number of furan rings is 1. The van der Waals surface area contributed by atoms with E-state index < -0.39 is 0 Å². The molecule has 0 aliphatic rings. The molecule has 0 saturated heterocycles. The van der Waals surface area contributed by atoms with Gasteiger partial charge in [-0.2, -0.15) is 0 Å². The van der Waals surface area contributed by atoms with Gasteiger partial charge in [-0.05, 0) is 38.9 Å². The number of rotatable bonds is 5. The van der Waals surface area contributed by atoms with Crippen LogP contribution in [0.4, 0.5) is 0 Å². The Morgan fingerprint density at radius 1 is 1.54 bits per heavy atom. The molecule has 0 aliphatic carbocycles. The van der Waals surface area contributed by atoms with E-state index in [2.05, 4.69) is 5.32 Å². The highest BCUT2D eigenvalue weighted by Crippen LogP contribution is 2.19. The van der Waals surface area contributed by atoms with Crippen LogP contribution < -0.4 is 5.32 Å². The van der Waals surface area contributed by atoms with Crippen molar-refractivity contribution in [2.45, 2.75) is 25.8 Å². The van der Waals surface area contributed by atoms with Crippen LogP contribution in [0.5, 0.6) is 0 Å². The predicted octanol–water partition coefficient (Wildman–Crippen LogP) is 1.62. The van der Waals surface area contributed by atoms with Crippen LogP contribution in [-0.2, 0) is 0 Å². The molecule has 0 amide bonds.